The molecule has 1 aromatic carbocycles. The lowest BCUT2D eigenvalue weighted by atomic mass is 9.91. The molecule has 1 rings (SSSR count). The topological polar surface area (TPSA) is 23.8 Å². The maximum Gasteiger partial charge on any atom is 0.0621 e. The Kier molecular flexibility index (Phi) is 3.91. The van der Waals surface area contributed by atoms with E-state index in [4.69, 9.17) is 5.26 Å². The van der Waals surface area contributed by atoms with Crippen LogP contribution in [0.4, 0.5) is 0 Å². The molecular formula is C14H19N. The lowest BCUT2D eigenvalue weighted by Gasteiger charge is -2.14. The van der Waals surface area contributed by atoms with E-state index in [-0.39, 0.29) is 0 Å². The van der Waals surface area contributed by atoms with Crippen LogP contribution in [0.15, 0.2) is 6.07 Å². The molecule has 0 saturated heterocycles. The summed E-state index contributed by atoms with van der Waals surface area (Å²) in [6.07, 6.45) is 2.67. The van der Waals surface area contributed by atoms with Crippen molar-refractivity contribution in [1.82, 2.24) is 0 Å². The zero-order valence-electron chi connectivity index (χ0n) is 10.1. The van der Waals surface area contributed by atoms with Crippen molar-refractivity contribution < 1.29 is 0 Å². The Labute approximate surface area is 92.7 Å². The first-order valence-electron chi connectivity index (χ1n) is 5.51. The van der Waals surface area contributed by atoms with Crippen molar-refractivity contribution in [2.24, 2.45) is 0 Å². The molecule has 1 heteroatoms. The predicted molar refractivity (Wildman–Crippen MR) is 63.9 cm³/mol. The minimum absolute atomic E-state index is 0.659. The van der Waals surface area contributed by atoms with Crippen LogP contribution < -0.4 is 0 Å². The van der Waals surface area contributed by atoms with Crippen LogP contribution in [-0.2, 0) is 6.42 Å². The number of hydrogen-bond acceptors (Lipinski definition) is 1. The van der Waals surface area contributed by atoms with Gasteiger partial charge in [0.2, 0.25) is 0 Å². The van der Waals surface area contributed by atoms with Crippen LogP contribution in [0.3, 0.4) is 0 Å². The molecule has 0 bridgehead atoms. The van der Waals surface area contributed by atoms with Crippen molar-refractivity contribution in [1.29, 1.82) is 5.26 Å². The Hall–Kier alpha value is -1.29. The Morgan fingerprint density at radius 2 is 1.60 bits per heavy atom. The van der Waals surface area contributed by atoms with Gasteiger partial charge in [0.05, 0.1) is 6.07 Å². The molecule has 0 aliphatic heterocycles. The number of nitrogens with zero attached hydrogens (tertiary/aromatic N) is 1. The molecule has 0 radical (unpaired) electrons. The van der Waals surface area contributed by atoms with Crippen molar-refractivity contribution in [2.75, 3.05) is 0 Å². The fourth-order valence-corrected chi connectivity index (χ4v) is 2.02. The lowest BCUT2D eigenvalue weighted by molar-refractivity contribution is 0.835. The molecule has 0 saturated carbocycles. The fraction of sp³-hybridized carbons (Fsp3) is 0.500. The van der Waals surface area contributed by atoms with Gasteiger partial charge in [0.15, 0.2) is 0 Å². The lowest BCUT2D eigenvalue weighted by Crippen LogP contribution is -1.99. The molecule has 0 N–H and O–H groups in total. The number of benzene rings is 1. The van der Waals surface area contributed by atoms with Crippen molar-refractivity contribution >= 4 is 0 Å². The Bertz CT molecular complexity index is 371. The van der Waals surface area contributed by atoms with Crippen molar-refractivity contribution in [3.63, 3.8) is 0 Å². The van der Waals surface area contributed by atoms with Crippen LogP contribution in [0.25, 0.3) is 0 Å². The number of hydrogen-bond donors (Lipinski definition) is 0. The van der Waals surface area contributed by atoms with Gasteiger partial charge in [-0.2, -0.15) is 5.26 Å². The zero-order chi connectivity index (χ0) is 11.4. The van der Waals surface area contributed by atoms with Gasteiger partial charge in [-0.3, -0.25) is 0 Å². The highest BCUT2D eigenvalue weighted by atomic mass is 14.2. The van der Waals surface area contributed by atoms with E-state index in [1.807, 2.05) is 0 Å². The standard InChI is InChI=1S/C14H19N/c1-10-9-11(2)13(4)14(12(10)3)7-5-6-8-15/h9H,5-7H2,1-4H3. The van der Waals surface area contributed by atoms with Gasteiger partial charge < -0.3 is 0 Å². The third-order valence-electron chi connectivity index (χ3n) is 3.24. The molecule has 1 nitrogen and oxygen atoms in total. The SMILES string of the molecule is Cc1cc(C)c(C)c(CCCC#N)c1C. The smallest absolute Gasteiger partial charge is 0.0621 e. The predicted octanol–water partition coefficient (Wildman–Crippen LogP) is 3.77. The monoisotopic (exact) mass is 201 g/mol. The molecule has 0 atom stereocenters. The number of aryl methyl sites for hydroxylation is 2. The Morgan fingerprint density at radius 3 is 2.07 bits per heavy atom. The summed E-state index contributed by atoms with van der Waals surface area (Å²) in [6, 6.07) is 4.45. The molecular weight excluding hydrogens is 182 g/mol. The summed E-state index contributed by atoms with van der Waals surface area (Å²) in [6.45, 7) is 8.69. The van der Waals surface area contributed by atoms with E-state index in [1.54, 1.807) is 0 Å². The highest BCUT2D eigenvalue weighted by Gasteiger charge is 2.07. The van der Waals surface area contributed by atoms with E-state index >= 15 is 0 Å². The minimum atomic E-state index is 0.659. The molecule has 0 heterocycles. The Morgan fingerprint density at radius 1 is 1.07 bits per heavy atom. The average molecular weight is 201 g/mol. The van der Waals surface area contributed by atoms with E-state index in [9.17, 15) is 0 Å². The maximum absolute atomic E-state index is 8.54. The quantitative estimate of drug-likeness (QED) is 0.683. The largest absolute Gasteiger partial charge is 0.198 e. The molecule has 0 aromatic heterocycles. The van der Waals surface area contributed by atoms with Crippen LogP contribution in [0.2, 0.25) is 0 Å². The highest BCUT2D eigenvalue weighted by Crippen LogP contribution is 2.23. The molecule has 0 fully saturated rings. The third kappa shape index (κ3) is 2.59. The average Bonchev–Trinajstić information content (AvgIpc) is 2.20. The summed E-state index contributed by atoms with van der Waals surface area (Å²) in [5.41, 5.74) is 6.98. The summed E-state index contributed by atoms with van der Waals surface area (Å²) >= 11 is 0. The highest BCUT2D eigenvalue weighted by molar-refractivity contribution is 5.44. The van der Waals surface area contributed by atoms with Crippen LogP contribution >= 0.6 is 0 Å². The zero-order valence-corrected chi connectivity index (χ0v) is 10.1. The molecule has 0 amide bonds. The number of nitriles is 1. The first-order valence-corrected chi connectivity index (χ1v) is 5.51. The molecule has 80 valence electrons. The van der Waals surface area contributed by atoms with Gasteiger partial charge in [-0.15, -0.1) is 0 Å². The number of unbranched alkanes of at least 4 members (excludes halogenated alkanes) is 1. The third-order valence-corrected chi connectivity index (χ3v) is 3.24. The van der Waals surface area contributed by atoms with Gasteiger partial charge >= 0.3 is 0 Å². The van der Waals surface area contributed by atoms with E-state index < -0.39 is 0 Å². The van der Waals surface area contributed by atoms with E-state index in [0.717, 1.165) is 12.8 Å². The van der Waals surface area contributed by atoms with Gasteiger partial charge in [0.1, 0.15) is 0 Å². The molecule has 0 aliphatic rings. The number of rotatable bonds is 3. The van der Waals surface area contributed by atoms with Gasteiger partial charge in [0, 0.05) is 6.42 Å². The van der Waals surface area contributed by atoms with Gasteiger partial charge in [-0.1, -0.05) is 6.07 Å². The second-order valence-corrected chi connectivity index (χ2v) is 4.25. The second kappa shape index (κ2) is 4.98. The summed E-state index contributed by atoms with van der Waals surface area (Å²) in [5, 5.41) is 8.54. The summed E-state index contributed by atoms with van der Waals surface area (Å²) < 4.78 is 0. The van der Waals surface area contributed by atoms with Gasteiger partial charge in [0.25, 0.3) is 0 Å². The first kappa shape index (κ1) is 11.8. The summed E-state index contributed by atoms with van der Waals surface area (Å²) in [5.74, 6) is 0. The first-order chi connectivity index (χ1) is 7.07. The maximum atomic E-state index is 8.54. The van der Waals surface area contributed by atoms with Gasteiger partial charge in [-0.25, -0.2) is 0 Å². The molecule has 0 aliphatic carbocycles. The van der Waals surface area contributed by atoms with Crippen molar-refractivity contribution in [3.05, 3.63) is 33.9 Å². The summed E-state index contributed by atoms with van der Waals surface area (Å²) in [4.78, 5) is 0. The van der Waals surface area contributed by atoms with Gasteiger partial charge in [-0.05, 0) is 68.4 Å². The van der Waals surface area contributed by atoms with E-state index in [1.165, 1.54) is 27.8 Å². The van der Waals surface area contributed by atoms with Crippen molar-refractivity contribution in [3.8, 4) is 6.07 Å². The van der Waals surface area contributed by atoms with Crippen LogP contribution in [0.1, 0.15) is 40.7 Å². The molecule has 15 heavy (non-hydrogen) atoms. The van der Waals surface area contributed by atoms with Crippen LogP contribution in [-0.4, -0.2) is 0 Å². The Balaban J connectivity index is 3.00. The van der Waals surface area contributed by atoms with E-state index in [2.05, 4.69) is 39.8 Å². The van der Waals surface area contributed by atoms with E-state index in [0.29, 0.717) is 6.42 Å². The van der Waals surface area contributed by atoms with Crippen LogP contribution in [0, 0.1) is 39.0 Å². The molecule has 1 aromatic rings. The second-order valence-electron chi connectivity index (χ2n) is 4.25. The fourth-order valence-electron chi connectivity index (χ4n) is 2.02. The minimum Gasteiger partial charge on any atom is -0.198 e. The van der Waals surface area contributed by atoms with Crippen LogP contribution in [0.5, 0.6) is 0 Å². The molecule has 0 unspecified atom stereocenters. The summed E-state index contributed by atoms with van der Waals surface area (Å²) in [7, 11) is 0. The van der Waals surface area contributed by atoms with Crippen molar-refractivity contribution in [2.45, 2.75) is 47.0 Å². The normalized spacial score (nSPS) is 10.1. The molecule has 0 spiro atoms.